The highest BCUT2D eigenvalue weighted by atomic mass is 79.9. The van der Waals surface area contributed by atoms with Gasteiger partial charge in [0, 0.05) is 33.7 Å². The predicted octanol–water partition coefficient (Wildman–Crippen LogP) is 5.70. The van der Waals surface area contributed by atoms with Crippen molar-refractivity contribution in [1.82, 2.24) is 9.88 Å². The molecule has 0 bridgehead atoms. The predicted molar refractivity (Wildman–Crippen MR) is 144 cm³/mol. The number of hydrogen-bond acceptors (Lipinski definition) is 5. The van der Waals surface area contributed by atoms with Crippen LogP contribution in [0.3, 0.4) is 0 Å². The molecular formula is C29H25BrN2O5. The second-order valence-electron chi connectivity index (χ2n) is 8.77. The number of hydrogen-bond donors (Lipinski definition) is 3. The molecule has 1 aliphatic heterocycles. The summed E-state index contributed by atoms with van der Waals surface area (Å²) in [6.07, 6.45) is 2.41. The number of nitrogens with one attached hydrogen (secondary N) is 1. The second kappa shape index (κ2) is 10.1. The molecule has 0 radical (unpaired) electrons. The van der Waals surface area contributed by atoms with Crippen LogP contribution in [0.15, 0.2) is 83.0 Å². The van der Waals surface area contributed by atoms with Crippen molar-refractivity contribution in [2.24, 2.45) is 0 Å². The zero-order valence-corrected chi connectivity index (χ0v) is 21.7. The summed E-state index contributed by atoms with van der Waals surface area (Å²) >= 11 is 3.38. The summed E-state index contributed by atoms with van der Waals surface area (Å²) in [5, 5.41) is 22.5. The first-order chi connectivity index (χ1) is 17.9. The number of aromatic hydroxyl groups is 1. The lowest BCUT2D eigenvalue weighted by molar-refractivity contribution is -0.139. The van der Waals surface area contributed by atoms with Crippen LogP contribution in [0, 0.1) is 0 Å². The lowest BCUT2D eigenvalue weighted by Gasteiger charge is -2.26. The fraction of sp³-hybridized carbons (Fsp3) is 0.172. The molecule has 7 nitrogen and oxygen atoms in total. The lowest BCUT2D eigenvalue weighted by Crippen LogP contribution is -2.31. The number of aromatic nitrogens is 1. The van der Waals surface area contributed by atoms with E-state index >= 15 is 0 Å². The number of benzene rings is 3. The number of para-hydroxylation sites is 1. The van der Waals surface area contributed by atoms with E-state index in [1.54, 1.807) is 43.3 Å². The molecular weight excluding hydrogens is 536 g/mol. The topological polar surface area (TPSA) is 103 Å². The number of ether oxygens (including phenoxy) is 1. The molecule has 8 heteroatoms. The maximum atomic E-state index is 13.3. The van der Waals surface area contributed by atoms with E-state index in [4.69, 9.17) is 4.74 Å². The Morgan fingerprint density at radius 2 is 1.84 bits per heavy atom. The van der Waals surface area contributed by atoms with Gasteiger partial charge in [-0.15, -0.1) is 0 Å². The van der Waals surface area contributed by atoms with Gasteiger partial charge in [0.05, 0.1) is 18.2 Å². The van der Waals surface area contributed by atoms with E-state index < -0.39 is 17.7 Å². The van der Waals surface area contributed by atoms with E-state index in [0.29, 0.717) is 24.2 Å². The Labute approximate surface area is 222 Å². The zero-order valence-electron chi connectivity index (χ0n) is 20.1. The van der Waals surface area contributed by atoms with E-state index in [0.717, 1.165) is 20.9 Å². The number of carbonyl (C=O) groups excluding carboxylic acids is 2. The van der Waals surface area contributed by atoms with Gasteiger partial charge in [-0.2, -0.15) is 0 Å². The number of halogens is 1. The number of phenolic OH excluding ortho intramolecular Hbond substituents is 1. The SMILES string of the molecule is CCOc1cc([C@H]2C(=C(O)c3ccc(Br)cc3)C(=O)C(=O)N2CCc2c[nH]c3ccccc23)ccc1O. The number of Topliss-reactive ketones (excluding diaryl/α,β-unsaturated/α-hetero) is 1. The number of aliphatic hydroxyl groups is 1. The summed E-state index contributed by atoms with van der Waals surface area (Å²) in [7, 11) is 0. The molecule has 1 amide bonds. The number of rotatable bonds is 7. The molecule has 1 aromatic heterocycles. The normalized spacial score (nSPS) is 17.0. The molecule has 0 unspecified atom stereocenters. The Hall–Kier alpha value is -4.04. The number of carbonyl (C=O) groups is 2. The third kappa shape index (κ3) is 4.60. The van der Waals surface area contributed by atoms with Crippen molar-refractivity contribution in [3.8, 4) is 11.5 Å². The summed E-state index contributed by atoms with van der Waals surface area (Å²) in [6, 6.07) is 18.6. The number of phenols is 1. The summed E-state index contributed by atoms with van der Waals surface area (Å²) in [5.74, 6) is -1.50. The molecule has 1 saturated heterocycles. The van der Waals surface area contributed by atoms with Crippen molar-refractivity contribution in [3.63, 3.8) is 0 Å². The van der Waals surface area contributed by atoms with Gasteiger partial charge >= 0.3 is 0 Å². The Bertz CT molecular complexity index is 1520. The number of H-pyrrole nitrogens is 1. The number of nitrogens with zero attached hydrogens (tertiary/aromatic N) is 1. The number of aromatic amines is 1. The van der Waals surface area contributed by atoms with Gasteiger partial charge in [-0.05, 0) is 54.8 Å². The third-order valence-corrected chi connectivity index (χ3v) is 7.08. The van der Waals surface area contributed by atoms with Crippen LogP contribution in [0.1, 0.15) is 29.7 Å². The van der Waals surface area contributed by atoms with Gasteiger partial charge in [-0.3, -0.25) is 9.59 Å². The minimum atomic E-state index is -0.853. The van der Waals surface area contributed by atoms with E-state index in [1.165, 1.54) is 11.0 Å². The van der Waals surface area contributed by atoms with E-state index in [1.807, 2.05) is 30.5 Å². The molecule has 0 spiro atoms. The average molecular weight is 561 g/mol. The smallest absolute Gasteiger partial charge is 0.295 e. The largest absolute Gasteiger partial charge is 0.507 e. The van der Waals surface area contributed by atoms with E-state index in [2.05, 4.69) is 20.9 Å². The van der Waals surface area contributed by atoms with Crippen LogP contribution in [-0.4, -0.2) is 44.9 Å². The van der Waals surface area contributed by atoms with Gasteiger partial charge in [0.1, 0.15) is 5.76 Å². The van der Waals surface area contributed by atoms with Gasteiger partial charge in [0.2, 0.25) is 0 Å². The minimum Gasteiger partial charge on any atom is -0.507 e. The number of fused-ring (bicyclic) bond motifs is 1. The molecule has 1 fully saturated rings. The Kier molecular flexibility index (Phi) is 6.76. The molecule has 4 aromatic rings. The van der Waals surface area contributed by atoms with Gasteiger partial charge in [0.25, 0.3) is 11.7 Å². The molecule has 0 aliphatic carbocycles. The highest BCUT2D eigenvalue weighted by Gasteiger charge is 2.46. The molecule has 3 N–H and O–H groups in total. The van der Waals surface area contributed by atoms with E-state index in [-0.39, 0.29) is 29.4 Å². The van der Waals surface area contributed by atoms with Crippen LogP contribution >= 0.6 is 15.9 Å². The highest BCUT2D eigenvalue weighted by Crippen LogP contribution is 2.42. The van der Waals surface area contributed by atoms with Crippen LogP contribution in [0.25, 0.3) is 16.7 Å². The molecule has 2 heterocycles. The maximum Gasteiger partial charge on any atom is 0.295 e. The first kappa shape index (κ1) is 24.6. The van der Waals surface area contributed by atoms with Gasteiger partial charge in [-0.25, -0.2) is 0 Å². The monoisotopic (exact) mass is 560 g/mol. The van der Waals surface area contributed by atoms with Crippen molar-refractivity contribution < 1.29 is 24.5 Å². The Morgan fingerprint density at radius 1 is 1.08 bits per heavy atom. The van der Waals surface area contributed by atoms with Crippen LogP contribution in [-0.2, 0) is 16.0 Å². The maximum absolute atomic E-state index is 13.3. The first-order valence-corrected chi connectivity index (χ1v) is 12.7. The van der Waals surface area contributed by atoms with Crippen LogP contribution in [0.5, 0.6) is 11.5 Å². The molecule has 3 aromatic carbocycles. The molecule has 5 rings (SSSR count). The van der Waals surface area contributed by atoms with Crippen LogP contribution in [0.4, 0.5) is 0 Å². The molecule has 37 heavy (non-hydrogen) atoms. The first-order valence-electron chi connectivity index (χ1n) is 11.9. The van der Waals surface area contributed by atoms with Crippen molar-refractivity contribution in [3.05, 3.63) is 99.7 Å². The fourth-order valence-electron chi connectivity index (χ4n) is 4.77. The van der Waals surface area contributed by atoms with E-state index in [9.17, 15) is 19.8 Å². The summed E-state index contributed by atoms with van der Waals surface area (Å²) in [4.78, 5) is 31.4. The van der Waals surface area contributed by atoms with Crippen molar-refractivity contribution in [1.29, 1.82) is 0 Å². The van der Waals surface area contributed by atoms with Crippen molar-refractivity contribution in [2.75, 3.05) is 13.2 Å². The van der Waals surface area contributed by atoms with Crippen LogP contribution < -0.4 is 4.74 Å². The quantitative estimate of drug-likeness (QED) is 0.153. The number of ketones is 1. The second-order valence-corrected chi connectivity index (χ2v) is 9.68. The van der Waals surface area contributed by atoms with Gasteiger partial charge in [-0.1, -0.05) is 52.3 Å². The van der Waals surface area contributed by atoms with Crippen molar-refractivity contribution >= 4 is 44.3 Å². The van der Waals surface area contributed by atoms with Crippen LogP contribution in [0.2, 0.25) is 0 Å². The Balaban J connectivity index is 1.59. The summed E-state index contributed by atoms with van der Waals surface area (Å²) < 4.78 is 6.38. The summed E-state index contributed by atoms with van der Waals surface area (Å²) in [6.45, 7) is 2.38. The fourth-order valence-corrected chi connectivity index (χ4v) is 5.04. The highest BCUT2D eigenvalue weighted by molar-refractivity contribution is 9.10. The van der Waals surface area contributed by atoms with Gasteiger partial charge in [0.15, 0.2) is 11.5 Å². The summed E-state index contributed by atoms with van der Waals surface area (Å²) in [5.41, 5.74) is 2.99. The Morgan fingerprint density at radius 3 is 2.59 bits per heavy atom. The molecule has 0 saturated carbocycles. The molecule has 1 aliphatic rings. The number of amides is 1. The molecule has 188 valence electrons. The van der Waals surface area contributed by atoms with Gasteiger partial charge < -0.3 is 24.8 Å². The number of likely N-dealkylation sites (tertiary alicyclic amines) is 1. The standard InChI is InChI=1S/C29H25BrN2O5/c1-2-37-24-15-18(9-12-23(24)33)26-25(27(34)17-7-10-20(30)11-8-17)28(35)29(36)32(26)14-13-19-16-31-22-6-4-3-5-21(19)22/h3-12,15-16,26,31,33-34H,2,13-14H2,1H3/t26-/m0/s1. The minimum absolute atomic E-state index is 0.000567. The average Bonchev–Trinajstić information content (AvgIpc) is 3.42. The van der Waals surface area contributed by atoms with Crippen molar-refractivity contribution in [2.45, 2.75) is 19.4 Å². The third-order valence-electron chi connectivity index (χ3n) is 6.55. The number of aliphatic hydroxyl groups excluding tert-OH is 1. The molecule has 1 atom stereocenters. The lowest BCUT2D eigenvalue weighted by atomic mass is 9.95. The zero-order chi connectivity index (χ0) is 26.1.